The molecule has 1 N–H and O–H groups in total. The van der Waals surface area contributed by atoms with E-state index in [4.69, 9.17) is 31.0 Å². The van der Waals surface area contributed by atoms with Gasteiger partial charge < -0.3 is 24.4 Å². The number of ether oxygens (including phenoxy) is 2. The number of pyridine rings is 1. The summed E-state index contributed by atoms with van der Waals surface area (Å²) in [6, 6.07) is 19.6. The van der Waals surface area contributed by atoms with Gasteiger partial charge in [0.15, 0.2) is 0 Å². The number of halogens is 1. The maximum absolute atomic E-state index is 11.5. The van der Waals surface area contributed by atoms with Crippen LogP contribution in [0.15, 0.2) is 67.0 Å². The van der Waals surface area contributed by atoms with Gasteiger partial charge in [0.25, 0.3) is 6.47 Å². The molecule has 0 spiro atoms. The van der Waals surface area contributed by atoms with Crippen LogP contribution in [0.3, 0.4) is 0 Å². The molecular weight excluding hydrogens is 690 g/mol. The van der Waals surface area contributed by atoms with Crippen LogP contribution in [0.2, 0.25) is 5.02 Å². The number of piperazine rings is 1. The van der Waals surface area contributed by atoms with Crippen molar-refractivity contribution in [1.29, 1.82) is 5.26 Å². The Morgan fingerprint density at radius 3 is 2.08 bits per heavy atom. The molecule has 1 aromatic heterocycles. The van der Waals surface area contributed by atoms with Crippen LogP contribution in [-0.4, -0.2) is 90.9 Å². The maximum Gasteiger partial charge on any atom is 0.290 e. The third-order valence-electron chi connectivity index (χ3n) is 9.62. The minimum Gasteiger partial charge on any atom is -0.488 e. The Kier molecular flexibility index (Phi) is 16.3. The molecule has 3 heterocycles. The lowest BCUT2D eigenvalue weighted by atomic mass is 9.92. The van der Waals surface area contributed by atoms with Crippen LogP contribution in [0.25, 0.3) is 11.1 Å². The molecule has 53 heavy (non-hydrogen) atoms. The lowest BCUT2D eigenvalue weighted by molar-refractivity contribution is -0.122. The summed E-state index contributed by atoms with van der Waals surface area (Å²) in [5, 5.41) is 16.7. The first-order valence-electron chi connectivity index (χ1n) is 17.9. The summed E-state index contributed by atoms with van der Waals surface area (Å²) in [7, 11) is 4.35. The van der Waals surface area contributed by atoms with Crippen molar-refractivity contribution in [1.82, 2.24) is 19.7 Å². The third kappa shape index (κ3) is 12.1. The van der Waals surface area contributed by atoms with Gasteiger partial charge in [-0.25, -0.2) is 0 Å². The van der Waals surface area contributed by atoms with Gasteiger partial charge in [-0.1, -0.05) is 54.4 Å². The van der Waals surface area contributed by atoms with E-state index in [0.717, 1.165) is 64.9 Å². The van der Waals surface area contributed by atoms with Gasteiger partial charge in [0, 0.05) is 67.9 Å². The normalized spacial score (nSPS) is 14.8. The Balaban J connectivity index is 0.000000493. The van der Waals surface area contributed by atoms with Gasteiger partial charge in [-0.2, -0.15) is 5.26 Å². The fourth-order valence-electron chi connectivity index (χ4n) is 6.36. The zero-order valence-corrected chi connectivity index (χ0v) is 31.9. The number of hydrogen-bond donors (Lipinski definition) is 1. The molecule has 0 amide bonds. The zero-order chi connectivity index (χ0) is 38.2. The van der Waals surface area contributed by atoms with Crippen LogP contribution >= 0.6 is 11.6 Å². The monoisotopic (exact) mass is 739 g/mol. The summed E-state index contributed by atoms with van der Waals surface area (Å²) < 4.78 is 12.6. The van der Waals surface area contributed by atoms with Crippen molar-refractivity contribution in [2.45, 2.75) is 52.9 Å². The fourth-order valence-corrected chi connectivity index (χ4v) is 6.60. The van der Waals surface area contributed by atoms with Crippen molar-refractivity contribution in [3.8, 4) is 28.7 Å². The molecule has 10 nitrogen and oxygen atoms in total. The molecular formula is C42H50ClN5O5. The number of carbonyl (C=O) groups is 2. The van der Waals surface area contributed by atoms with Crippen molar-refractivity contribution < 1.29 is 24.2 Å². The summed E-state index contributed by atoms with van der Waals surface area (Å²) in [4.78, 5) is 31.2. The molecule has 0 unspecified atom stereocenters. The molecule has 6 rings (SSSR count). The van der Waals surface area contributed by atoms with Crippen LogP contribution in [0.1, 0.15) is 63.0 Å². The lowest BCUT2D eigenvalue weighted by Gasteiger charge is -2.28. The van der Waals surface area contributed by atoms with E-state index in [1.807, 2.05) is 49.4 Å². The standard InChI is InChI=1S/C35H34ClN3O3.C6H14N2.CH2O2/c1-24-28(21-40)8-6-10-31(24)32-11-7-9-29(25(32)2)23-42-35-16-34(41-22-27-14-26(17-37)18-38-19-27)30(15-33(35)36)20-39-12-4-3-5-13-39;1-7-3-5-8(2)6-4-7;2-1-3/h6-11,14-16,18-19,21H,3-5,12-13,20,22-23H2,1-2H3;3-6H2,1-2H3;1H,(H,2,3). The van der Waals surface area contributed by atoms with Crippen molar-refractivity contribution in [3.63, 3.8) is 0 Å². The summed E-state index contributed by atoms with van der Waals surface area (Å²) in [5.41, 5.74) is 8.17. The first-order chi connectivity index (χ1) is 25.7. The highest BCUT2D eigenvalue weighted by Gasteiger charge is 2.18. The molecule has 0 bridgehead atoms. The second-order valence-electron chi connectivity index (χ2n) is 13.4. The predicted octanol–water partition coefficient (Wildman–Crippen LogP) is 7.41. The molecule has 0 aliphatic carbocycles. The minimum absolute atomic E-state index is 0.250. The SMILES string of the molecule is CN1CCN(C)CC1.Cc1c(C=O)cccc1-c1cccc(COc2cc(OCc3cncc(C#N)c3)c(CN3CCCCC3)cc2Cl)c1C.O=CO. The first-order valence-corrected chi connectivity index (χ1v) is 18.3. The average molecular weight is 740 g/mol. The van der Waals surface area contributed by atoms with Crippen molar-refractivity contribution in [2.24, 2.45) is 0 Å². The van der Waals surface area contributed by atoms with E-state index in [2.05, 4.69) is 52.8 Å². The highest BCUT2D eigenvalue weighted by atomic mass is 35.5. The van der Waals surface area contributed by atoms with Crippen molar-refractivity contribution in [2.75, 3.05) is 53.4 Å². The van der Waals surface area contributed by atoms with E-state index in [1.165, 1.54) is 51.6 Å². The quantitative estimate of drug-likeness (QED) is 0.165. The summed E-state index contributed by atoms with van der Waals surface area (Å²) in [6.45, 7) is 12.2. The molecule has 280 valence electrons. The van der Waals surface area contributed by atoms with Gasteiger partial charge in [0.05, 0.1) is 10.6 Å². The number of benzene rings is 3. The van der Waals surface area contributed by atoms with Crippen molar-refractivity contribution in [3.05, 3.63) is 111 Å². The predicted molar refractivity (Wildman–Crippen MR) is 209 cm³/mol. The molecule has 2 saturated heterocycles. The largest absolute Gasteiger partial charge is 0.488 e. The number of carbonyl (C=O) groups excluding carboxylic acids is 1. The third-order valence-corrected chi connectivity index (χ3v) is 9.92. The molecule has 0 radical (unpaired) electrons. The number of nitriles is 1. The molecule has 2 fully saturated rings. The second kappa shape index (κ2) is 21.0. The Morgan fingerprint density at radius 1 is 0.811 bits per heavy atom. The van der Waals surface area contributed by atoms with E-state index in [1.54, 1.807) is 12.3 Å². The van der Waals surface area contributed by atoms with E-state index in [-0.39, 0.29) is 13.1 Å². The number of rotatable bonds is 10. The summed E-state index contributed by atoms with van der Waals surface area (Å²) >= 11 is 6.78. The molecule has 3 aromatic carbocycles. The van der Waals surface area contributed by atoms with Gasteiger partial charge in [-0.05, 0) is 93.8 Å². The highest BCUT2D eigenvalue weighted by molar-refractivity contribution is 6.32. The van der Waals surface area contributed by atoms with Gasteiger partial charge in [-0.3, -0.25) is 19.5 Å². The Morgan fingerprint density at radius 2 is 1.43 bits per heavy atom. The van der Waals surface area contributed by atoms with E-state index < -0.39 is 0 Å². The number of nitrogens with zero attached hydrogens (tertiary/aromatic N) is 5. The molecule has 11 heteroatoms. The molecule has 0 atom stereocenters. The average Bonchev–Trinajstić information content (AvgIpc) is 3.17. The number of aromatic nitrogens is 1. The number of hydrogen-bond acceptors (Lipinski definition) is 9. The van der Waals surface area contributed by atoms with Crippen LogP contribution in [-0.2, 0) is 24.6 Å². The van der Waals surface area contributed by atoms with Crippen LogP contribution in [0.4, 0.5) is 0 Å². The first kappa shape index (κ1) is 41.0. The molecule has 4 aromatic rings. The Bertz CT molecular complexity index is 1840. The van der Waals surface area contributed by atoms with Crippen LogP contribution in [0, 0.1) is 25.2 Å². The number of piperidine rings is 1. The minimum atomic E-state index is -0.250. The van der Waals surface area contributed by atoms with Gasteiger partial charge in [0.2, 0.25) is 0 Å². The van der Waals surface area contributed by atoms with E-state index in [9.17, 15) is 10.1 Å². The van der Waals surface area contributed by atoms with E-state index in [0.29, 0.717) is 34.3 Å². The molecule has 2 aliphatic rings. The molecule has 0 saturated carbocycles. The topological polar surface area (TPSA) is 119 Å². The van der Waals surface area contributed by atoms with Crippen LogP contribution < -0.4 is 9.47 Å². The van der Waals surface area contributed by atoms with Gasteiger partial charge >= 0.3 is 0 Å². The fraction of sp³-hybridized carbons (Fsp3) is 0.381. The Labute approximate surface area is 318 Å². The van der Waals surface area contributed by atoms with Gasteiger partial charge in [-0.15, -0.1) is 0 Å². The van der Waals surface area contributed by atoms with E-state index >= 15 is 0 Å². The molecule has 2 aliphatic heterocycles. The highest BCUT2D eigenvalue weighted by Crippen LogP contribution is 2.36. The number of likely N-dealkylation sites (tertiary alicyclic amines) is 1. The summed E-state index contributed by atoms with van der Waals surface area (Å²) in [6.07, 6.45) is 7.79. The second-order valence-corrected chi connectivity index (χ2v) is 13.8. The Hall–Kier alpha value is -4.79. The number of likely N-dealkylation sites (N-methyl/N-ethyl adjacent to an activating group) is 2. The van der Waals surface area contributed by atoms with Crippen molar-refractivity contribution >= 4 is 24.4 Å². The van der Waals surface area contributed by atoms with Gasteiger partial charge in [0.1, 0.15) is 37.1 Å². The zero-order valence-electron chi connectivity index (χ0n) is 31.2. The maximum atomic E-state index is 11.5. The smallest absolute Gasteiger partial charge is 0.290 e. The number of carboxylic acid groups (broad SMARTS) is 1. The summed E-state index contributed by atoms with van der Waals surface area (Å²) in [5.74, 6) is 1.25. The lowest BCUT2D eigenvalue weighted by Crippen LogP contribution is -2.42. The number of aldehydes is 1. The van der Waals surface area contributed by atoms with Crippen LogP contribution in [0.5, 0.6) is 11.5 Å².